The van der Waals surface area contributed by atoms with Gasteiger partial charge in [0.2, 0.25) is 0 Å². The van der Waals surface area contributed by atoms with Crippen LogP contribution in [0.4, 0.5) is 0 Å². The minimum atomic E-state index is 0. The molecule has 124 valence electrons. The molecule has 1 aromatic carbocycles. The Labute approximate surface area is 150 Å². The number of rotatable bonds is 7. The van der Waals surface area contributed by atoms with Crippen LogP contribution >= 0.6 is 24.0 Å². The molecule has 0 heterocycles. The lowest BCUT2D eigenvalue weighted by atomic mass is 10.1. The molecule has 0 fully saturated rings. The molecule has 1 rings (SSSR count). The second-order valence-electron chi connectivity index (χ2n) is 5.20. The predicted octanol–water partition coefficient (Wildman–Crippen LogP) is 2.25. The number of nitrogens with two attached hydrogens (primary N) is 1. The number of hydrogen-bond donors (Lipinski definition) is 2. The van der Waals surface area contributed by atoms with E-state index in [0.29, 0.717) is 18.1 Å². The van der Waals surface area contributed by atoms with Crippen LogP contribution in [0.1, 0.15) is 35.7 Å². The molecule has 0 atom stereocenters. The number of carbonyl (C=O) groups excluding carboxylic acids is 1. The molecule has 22 heavy (non-hydrogen) atoms. The molecule has 1 amide bonds. The van der Waals surface area contributed by atoms with E-state index in [0.717, 1.165) is 31.4 Å². The number of carbonyl (C=O) groups is 1. The van der Waals surface area contributed by atoms with Crippen molar-refractivity contribution >= 4 is 35.8 Å². The zero-order valence-electron chi connectivity index (χ0n) is 13.6. The second-order valence-corrected chi connectivity index (χ2v) is 5.20. The third kappa shape index (κ3) is 7.63. The lowest BCUT2D eigenvalue weighted by molar-refractivity contribution is 0.0827. The fourth-order valence-electron chi connectivity index (χ4n) is 1.87. The van der Waals surface area contributed by atoms with Crippen LogP contribution in [0.3, 0.4) is 0 Å². The van der Waals surface area contributed by atoms with Crippen molar-refractivity contribution in [1.29, 1.82) is 0 Å². The number of unbranched alkanes of at least 4 members (excludes halogenated alkanes) is 1. The van der Waals surface area contributed by atoms with Gasteiger partial charge >= 0.3 is 0 Å². The van der Waals surface area contributed by atoms with Crippen molar-refractivity contribution < 1.29 is 4.79 Å². The molecule has 0 radical (unpaired) electrons. The molecule has 0 unspecified atom stereocenters. The van der Waals surface area contributed by atoms with Crippen LogP contribution < -0.4 is 11.1 Å². The third-order valence-corrected chi connectivity index (χ3v) is 3.09. The standard InChI is InChI=1S/C16H26N4O.HI/c1-4-5-10-18-16(17)19-11-9-13-7-6-8-14(12-13)15(21)20(2)3;/h6-8,12H,4-5,9-11H2,1-3H3,(H3,17,18,19);1H. The molecule has 0 aliphatic rings. The summed E-state index contributed by atoms with van der Waals surface area (Å²) in [7, 11) is 3.51. The summed E-state index contributed by atoms with van der Waals surface area (Å²) in [4.78, 5) is 17.7. The van der Waals surface area contributed by atoms with E-state index in [2.05, 4.69) is 17.2 Å². The van der Waals surface area contributed by atoms with Crippen LogP contribution in [-0.4, -0.2) is 44.0 Å². The maximum atomic E-state index is 11.9. The van der Waals surface area contributed by atoms with E-state index in [1.807, 2.05) is 24.3 Å². The fourth-order valence-corrected chi connectivity index (χ4v) is 1.87. The van der Waals surface area contributed by atoms with Crippen molar-refractivity contribution in [3.8, 4) is 0 Å². The topological polar surface area (TPSA) is 70.7 Å². The number of amides is 1. The highest BCUT2D eigenvalue weighted by molar-refractivity contribution is 14.0. The quantitative estimate of drug-likeness (QED) is 0.309. The molecule has 0 aliphatic carbocycles. The molecule has 1 aromatic rings. The average molecular weight is 418 g/mol. The Balaban J connectivity index is 0.00000441. The van der Waals surface area contributed by atoms with Crippen LogP contribution in [-0.2, 0) is 6.42 Å². The number of hydrogen-bond acceptors (Lipinski definition) is 2. The highest BCUT2D eigenvalue weighted by atomic mass is 127. The van der Waals surface area contributed by atoms with Gasteiger partial charge in [0.05, 0.1) is 0 Å². The summed E-state index contributed by atoms with van der Waals surface area (Å²) in [5.74, 6) is 0.509. The third-order valence-electron chi connectivity index (χ3n) is 3.09. The minimum Gasteiger partial charge on any atom is -0.370 e. The first-order chi connectivity index (χ1) is 10.0. The smallest absolute Gasteiger partial charge is 0.253 e. The van der Waals surface area contributed by atoms with Crippen LogP contribution in [0, 0.1) is 0 Å². The Morgan fingerprint density at radius 2 is 2.09 bits per heavy atom. The summed E-state index contributed by atoms with van der Waals surface area (Å²) in [6, 6.07) is 7.68. The van der Waals surface area contributed by atoms with Gasteiger partial charge < -0.3 is 16.0 Å². The normalized spacial score (nSPS) is 10.8. The van der Waals surface area contributed by atoms with E-state index in [9.17, 15) is 4.79 Å². The van der Waals surface area contributed by atoms with Crippen molar-refractivity contribution in [3.63, 3.8) is 0 Å². The zero-order valence-corrected chi connectivity index (χ0v) is 16.0. The first-order valence-corrected chi connectivity index (χ1v) is 7.39. The van der Waals surface area contributed by atoms with Gasteiger partial charge in [-0.3, -0.25) is 9.79 Å². The molecule has 0 aromatic heterocycles. The maximum absolute atomic E-state index is 11.9. The molecular formula is C16H27IN4O. The second kappa shape index (κ2) is 11.3. The average Bonchev–Trinajstić information content (AvgIpc) is 2.47. The van der Waals surface area contributed by atoms with Gasteiger partial charge in [0, 0.05) is 32.7 Å². The van der Waals surface area contributed by atoms with Crippen molar-refractivity contribution in [2.45, 2.75) is 26.2 Å². The van der Waals surface area contributed by atoms with Gasteiger partial charge in [-0.25, -0.2) is 0 Å². The monoisotopic (exact) mass is 418 g/mol. The van der Waals surface area contributed by atoms with E-state index in [4.69, 9.17) is 5.73 Å². The zero-order chi connectivity index (χ0) is 15.7. The van der Waals surface area contributed by atoms with Crippen LogP contribution in [0.25, 0.3) is 0 Å². The molecule has 3 N–H and O–H groups in total. The highest BCUT2D eigenvalue weighted by Gasteiger charge is 2.07. The number of aliphatic imine (C=N–C) groups is 1. The Bertz CT molecular complexity index is 489. The number of halogens is 1. The Hall–Kier alpha value is -1.31. The predicted molar refractivity (Wildman–Crippen MR) is 103 cm³/mol. The Morgan fingerprint density at radius 3 is 2.73 bits per heavy atom. The van der Waals surface area contributed by atoms with Gasteiger partial charge in [-0.15, -0.1) is 24.0 Å². The van der Waals surface area contributed by atoms with Crippen LogP contribution in [0.5, 0.6) is 0 Å². The summed E-state index contributed by atoms with van der Waals surface area (Å²) in [5, 5.41) is 3.09. The molecule has 5 nitrogen and oxygen atoms in total. The minimum absolute atomic E-state index is 0. The molecule has 0 aliphatic heterocycles. The maximum Gasteiger partial charge on any atom is 0.253 e. The van der Waals surface area contributed by atoms with Crippen molar-refractivity contribution in [2.75, 3.05) is 27.2 Å². The largest absolute Gasteiger partial charge is 0.370 e. The van der Waals surface area contributed by atoms with Gasteiger partial charge in [0.25, 0.3) is 5.91 Å². The lowest BCUT2D eigenvalue weighted by Gasteiger charge is -2.11. The first-order valence-electron chi connectivity index (χ1n) is 7.39. The molecule has 0 bridgehead atoms. The van der Waals surface area contributed by atoms with E-state index >= 15 is 0 Å². The number of guanidine groups is 1. The van der Waals surface area contributed by atoms with Gasteiger partial charge in [-0.1, -0.05) is 25.5 Å². The number of benzene rings is 1. The van der Waals surface area contributed by atoms with Gasteiger partial charge in [-0.05, 0) is 30.5 Å². The highest BCUT2D eigenvalue weighted by Crippen LogP contribution is 2.07. The summed E-state index contributed by atoms with van der Waals surface area (Å²) >= 11 is 0. The summed E-state index contributed by atoms with van der Waals surface area (Å²) in [6.07, 6.45) is 2.97. The molecule has 0 spiro atoms. The first kappa shape index (κ1) is 20.7. The van der Waals surface area contributed by atoms with E-state index in [1.165, 1.54) is 0 Å². The van der Waals surface area contributed by atoms with Crippen LogP contribution in [0.2, 0.25) is 0 Å². The summed E-state index contributed by atoms with van der Waals surface area (Å²) in [5.41, 5.74) is 7.59. The van der Waals surface area contributed by atoms with E-state index in [1.54, 1.807) is 19.0 Å². The summed E-state index contributed by atoms with van der Waals surface area (Å²) in [6.45, 7) is 3.60. The lowest BCUT2D eigenvalue weighted by Crippen LogP contribution is -2.33. The van der Waals surface area contributed by atoms with Crippen molar-refractivity contribution in [3.05, 3.63) is 35.4 Å². The summed E-state index contributed by atoms with van der Waals surface area (Å²) < 4.78 is 0. The van der Waals surface area contributed by atoms with Gasteiger partial charge in [-0.2, -0.15) is 0 Å². The Kier molecular flexibility index (Phi) is 10.6. The van der Waals surface area contributed by atoms with E-state index < -0.39 is 0 Å². The number of nitrogens with zero attached hydrogens (tertiary/aromatic N) is 2. The number of nitrogens with one attached hydrogen (secondary N) is 1. The molecule has 0 saturated heterocycles. The Morgan fingerprint density at radius 1 is 1.36 bits per heavy atom. The molecule has 0 saturated carbocycles. The van der Waals surface area contributed by atoms with E-state index in [-0.39, 0.29) is 29.9 Å². The van der Waals surface area contributed by atoms with Crippen molar-refractivity contribution in [1.82, 2.24) is 10.2 Å². The SMILES string of the molecule is CCCCN=C(N)NCCc1cccc(C(=O)N(C)C)c1.I. The van der Waals surface area contributed by atoms with Gasteiger partial charge in [0.15, 0.2) is 5.96 Å². The van der Waals surface area contributed by atoms with Gasteiger partial charge in [0.1, 0.15) is 0 Å². The molecular weight excluding hydrogens is 391 g/mol. The van der Waals surface area contributed by atoms with Crippen molar-refractivity contribution in [2.24, 2.45) is 10.7 Å². The fraction of sp³-hybridized carbons (Fsp3) is 0.500. The van der Waals surface area contributed by atoms with Crippen LogP contribution in [0.15, 0.2) is 29.3 Å². The molecule has 6 heteroatoms.